The summed E-state index contributed by atoms with van der Waals surface area (Å²) in [4.78, 5) is 19.7. The molecule has 2 aromatic heterocycles. The number of nitrogens with one attached hydrogen (secondary N) is 2. The predicted molar refractivity (Wildman–Crippen MR) is 164 cm³/mol. The quantitative estimate of drug-likeness (QED) is 0.189. The first kappa shape index (κ1) is 26.3. The third-order valence-electron chi connectivity index (χ3n) is 6.96. The first-order chi connectivity index (χ1) is 19.5. The molecule has 2 N–H and O–H groups in total. The molecule has 0 radical (unpaired) electrons. The molecule has 0 spiro atoms. The van der Waals surface area contributed by atoms with Crippen LogP contribution in [0.25, 0.3) is 22.1 Å². The molecule has 2 atom stereocenters. The summed E-state index contributed by atoms with van der Waals surface area (Å²) in [5.41, 5.74) is 2.42. The standard InChI is InChI=1S/C31H24Cl2N4O2S/c32-22-12-11-20(18-23(22)33)26-13-14-27(39-26)30-29(25-9-3-4-16-34-25)36-31(40)37(30)17-15-28(38)35-24-10-5-7-19-6-1-2-8-21(19)24/h1-14,16,18,29-30H,15,17H2,(H,35,38)(H,36,40)/t29-,30-/m0/s1. The number of thiocarbonyl (C=S) groups is 1. The zero-order valence-corrected chi connectivity index (χ0v) is 23.5. The van der Waals surface area contributed by atoms with Gasteiger partial charge in [0.25, 0.3) is 0 Å². The second-order valence-electron chi connectivity index (χ2n) is 9.48. The molecule has 200 valence electrons. The van der Waals surface area contributed by atoms with E-state index in [1.807, 2.05) is 83.8 Å². The summed E-state index contributed by atoms with van der Waals surface area (Å²) < 4.78 is 6.36. The Bertz CT molecular complexity index is 1700. The molecule has 9 heteroatoms. The summed E-state index contributed by atoms with van der Waals surface area (Å²) in [5.74, 6) is 1.24. The van der Waals surface area contributed by atoms with Gasteiger partial charge in [-0.1, -0.05) is 65.7 Å². The normalized spacial score (nSPS) is 16.8. The SMILES string of the molecule is O=C(CCN1C(=S)N[C@@H](c2ccccn2)[C@@H]1c1ccc(-c2ccc(Cl)c(Cl)c2)o1)Nc1cccc2ccccc12. The van der Waals surface area contributed by atoms with Gasteiger partial charge in [0.1, 0.15) is 17.6 Å². The Morgan fingerprint density at radius 2 is 1.80 bits per heavy atom. The molecule has 0 aliphatic carbocycles. The molecule has 0 saturated carbocycles. The van der Waals surface area contributed by atoms with E-state index in [-0.39, 0.29) is 24.4 Å². The van der Waals surface area contributed by atoms with Crippen LogP contribution in [-0.2, 0) is 4.79 Å². The lowest BCUT2D eigenvalue weighted by Crippen LogP contribution is -2.32. The Kier molecular flexibility index (Phi) is 7.43. The van der Waals surface area contributed by atoms with Crippen LogP contribution in [0.1, 0.15) is 30.0 Å². The van der Waals surface area contributed by atoms with Crippen LogP contribution in [0.15, 0.2) is 102 Å². The Labute approximate surface area is 246 Å². The van der Waals surface area contributed by atoms with Crippen LogP contribution in [0.5, 0.6) is 0 Å². The number of fused-ring (bicyclic) bond motifs is 1. The molecule has 1 aliphatic heterocycles. The maximum Gasteiger partial charge on any atom is 0.226 e. The average Bonchev–Trinajstić information content (AvgIpc) is 3.58. The van der Waals surface area contributed by atoms with Gasteiger partial charge >= 0.3 is 0 Å². The Morgan fingerprint density at radius 1 is 0.975 bits per heavy atom. The van der Waals surface area contributed by atoms with Gasteiger partial charge in [0.2, 0.25) is 5.91 Å². The van der Waals surface area contributed by atoms with Crippen LogP contribution in [-0.4, -0.2) is 27.4 Å². The van der Waals surface area contributed by atoms with E-state index in [9.17, 15) is 4.79 Å². The zero-order chi connectivity index (χ0) is 27.6. The molecule has 1 aliphatic rings. The lowest BCUT2D eigenvalue weighted by molar-refractivity contribution is -0.116. The number of aromatic nitrogens is 1. The van der Waals surface area contributed by atoms with Gasteiger partial charge in [0.15, 0.2) is 5.11 Å². The predicted octanol–water partition coefficient (Wildman–Crippen LogP) is 7.80. The Morgan fingerprint density at radius 3 is 2.62 bits per heavy atom. The van der Waals surface area contributed by atoms with Gasteiger partial charge in [-0.2, -0.15) is 0 Å². The number of nitrogens with zero attached hydrogens (tertiary/aromatic N) is 2. The van der Waals surface area contributed by atoms with Gasteiger partial charge in [-0.25, -0.2) is 0 Å². The van der Waals surface area contributed by atoms with E-state index < -0.39 is 0 Å². The van der Waals surface area contributed by atoms with Gasteiger partial charge in [-0.3, -0.25) is 9.78 Å². The molecule has 1 saturated heterocycles. The number of furan rings is 1. The number of carbonyl (C=O) groups excluding carboxylic acids is 1. The lowest BCUT2D eigenvalue weighted by atomic mass is 10.0. The highest BCUT2D eigenvalue weighted by molar-refractivity contribution is 7.80. The lowest BCUT2D eigenvalue weighted by Gasteiger charge is -2.26. The van der Waals surface area contributed by atoms with Crippen molar-refractivity contribution in [2.24, 2.45) is 0 Å². The van der Waals surface area contributed by atoms with E-state index in [2.05, 4.69) is 15.6 Å². The molecule has 6 rings (SSSR count). The van der Waals surface area contributed by atoms with Crippen LogP contribution >= 0.6 is 35.4 Å². The summed E-state index contributed by atoms with van der Waals surface area (Å²) in [7, 11) is 0. The number of rotatable bonds is 7. The average molecular weight is 588 g/mol. The smallest absolute Gasteiger partial charge is 0.226 e. The van der Waals surface area contributed by atoms with Crippen molar-refractivity contribution in [2.45, 2.75) is 18.5 Å². The second kappa shape index (κ2) is 11.3. The maximum atomic E-state index is 13.1. The molecular formula is C31H24Cl2N4O2S. The largest absolute Gasteiger partial charge is 0.459 e. The molecule has 5 aromatic rings. The summed E-state index contributed by atoms with van der Waals surface area (Å²) >= 11 is 18.1. The fraction of sp³-hybridized carbons (Fsp3) is 0.129. The Hall–Kier alpha value is -3.91. The van der Waals surface area contributed by atoms with Crippen LogP contribution in [0.2, 0.25) is 10.0 Å². The molecule has 1 amide bonds. The molecule has 0 bridgehead atoms. The number of benzene rings is 3. The van der Waals surface area contributed by atoms with Crippen LogP contribution in [0, 0.1) is 0 Å². The summed E-state index contributed by atoms with van der Waals surface area (Å²) in [6, 6.07) is 28.2. The van der Waals surface area contributed by atoms with Gasteiger partial charge in [0, 0.05) is 35.8 Å². The van der Waals surface area contributed by atoms with Gasteiger partial charge in [0.05, 0.1) is 21.8 Å². The van der Waals surface area contributed by atoms with E-state index in [4.69, 9.17) is 39.8 Å². The van der Waals surface area contributed by atoms with E-state index >= 15 is 0 Å². The fourth-order valence-corrected chi connectivity index (χ4v) is 5.67. The highest BCUT2D eigenvalue weighted by atomic mass is 35.5. The van der Waals surface area contributed by atoms with Crippen molar-refractivity contribution in [3.8, 4) is 11.3 Å². The minimum Gasteiger partial charge on any atom is -0.459 e. The van der Waals surface area contributed by atoms with E-state index in [0.29, 0.717) is 33.2 Å². The number of amides is 1. The highest BCUT2D eigenvalue weighted by Gasteiger charge is 2.41. The second-order valence-corrected chi connectivity index (χ2v) is 10.7. The number of carbonyl (C=O) groups is 1. The highest BCUT2D eigenvalue weighted by Crippen LogP contribution is 2.41. The number of hydrogen-bond donors (Lipinski definition) is 2. The van der Waals surface area contributed by atoms with Crippen molar-refractivity contribution < 1.29 is 9.21 Å². The minimum absolute atomic E-state index is 0.102. The third kappa shape index (κ3) is 5.28. The summed E-state index contributed by atoms with van der Waals surface area (Å²) in [6.45, 7) is 0.388. The molecule has 40 heavy (non-hydrogen) atoms. The number of hydrogen-bond acceptors (Lipinski definition) is 4. The third-order valence-corrected chi connectivity index (χ3v) is 8.06. The molecule has 1 fully saturated rings. The fourth-order valence-electron chi connectivity index (χ4n) is 5.04. The topological polar surface area (TPSA) is 70.4 Å². The van der Waals surface area contributed by atoms with Gasteiger partial charge in [-0.15, -0.1) is 0 Å². The molecule has 3 aromatic carbocycles. The van der Waals surface area contributed by atoms with Crippen LogP contribution in [0.4, 0.5) is 5.69 Å². The number of halogens is 2. The van der Waals surface area contributed by atoms with Gasteiger partial charge in [-0.05, 0) is 66.1 Å². The van der Waals surface area contributed by atoms with Crippen molar-refractivity contribution in [1.29, 1.82) is 0 Å². The van der Waals surface area contributed by atoms with Crippen molar-refractivity contribution in [3.63, 3.8) is 0 Å². The number of pyridine rings is 1. The molecular weight excluding hydrogens is 563 g/mol. The first-order valence-corrected chi connectivity index (χ1v) is 14.0. The van der Waals surface area contributed by atoms with Crippen molar-refractivity contribution >= 4 is 62.9 Å². The van der Waals surface area contributed by atoms with Crippen LogP contribution < -0.4 is 10.6 Å². The maximum absolute atomic E-state index is 13.1. The van der Waals surface area contributed by atoms with Crippen LogP contribution in [0.3, 0.4) is 0 Å². The van der Waals surface area contributed by atoms with E-state index in [1.54, 1.807) is 18.3 Å². The summed E-state index contributed by atoms with van der Waals surface area (Å²) in [5, 5.41) is 9.99. The van der Waals surface area contributed by atoms with Gasteiger partial charge < -0.3 is 20.0 Å². The number of anilines is 1. The molecule has 3 heterocycles. The summed E-state index contributed by atoms with van der Waals surface area (Å²) in [6.07, 6.45) is 1.98. The van der Waals surface area contributed by atoms with Crippen molar-refractivity contribution in [2.75, 3.05) is 11.9 Å². The molecule has 6 nitrogen and oxygen atoms in total. The zero-order valence-electron chi connectivity index (χ0n) is 21.2. The van der Waals surface area contributed by atoms with E-state index in [1.165, 1.54) is 0 Å². The Balaban J connectivity index is 1.26. The minimum atomic E-state index is -0.315. The van der Waals surface area contributed by atoms with Crippen molar-refractivity contribution in [3.05, 3.63) is 119 Å². The van der Waals surface area contributed by atoms with Crippen molar-refractivity contribution in [1.82, 2.24) is 15.2 Å². The molecule has 0 unspecified atom stereocenters. The van der Waals surface area contributed by atoms with E-state index in [0.717, 1.165) is 27.7 Å². The first-order valence-electron chi connectivity index (χ1n) is 12.8. The monoisotopic (exact) mass is 586 g/mol.